The van der Waals surface area contributed by atoms with E-state index < -0.39 is 10.2 Å². The molecule has 0 aliphatic heterocycles. The number of nitrogens with two attached hydrogens (primary N) is 1. The first kappa shape index (κ1) is 15.7. The Morgan fingerprint density at radius 3 is 2.72 bits per heavy atom. The van der Waals surface area contributed by atoms with E-state index in [1.165, 1.54) is 11.4 Å². The molecule has 0 aliphatic carbocycles. The fourth-order valence-electron chi connectivity index (χ4n) is 1.22. The molecule has 0 spiro atoms. The Balaban J connectivity index is 2.82. The van der Waals surface area contributed by atoms with Gasteiger partial charge in [-0.1, -0.05) is 27.5 Å². The maximum absolute atomic E-state index is 11.9. The molecule has 102 valence electrons. The maximum Gasteiger partial charge on any atom is 0.301 e. The number of nitrogens with one attached hydrogen (secondary N) is 1. The third-order valence-electron chi connectivity index (χ3n) is 2.26. The highest BCUT2D eigenvalue weighted by Crippen LogP contribution is 2.26. The van der Waals surface area contributed by atoms with Gasteiger partial charge in [-0.05, 0) is 31.2 Å². The molecule has 0 heterocycles. The minimum absolute atomic E-state index is 0.333. The van der Waals surface area contributed by atoms with Gasteiger partial charge in [-0.25, -0.2) is 0 Å². The van der Waals surface area contributed by atoms with Crippen LogP contribution in [0.4, 0.5) is 5.69 Å². The Kier molecular flexibility index (Phi) is 5.87. The number of benzene rings is 1. The lowest BCUT2D eigenvalue weighted by molar-refractivity contribution is 0.468. The molecule has 18 heavy (non-hydrogen) atoms. The smallest absolute Gasteiger partial charge is 0.301 e. The molecule has 0 atom stereocenters. The van der Waals surface area contributed by atoms with Gasteiger partial charge in [0.25, 0.3) is 0 Å². The molecule has 0 saturated heterocycles. The predicted octanol–water partition coefficient (Wildman–Crippen LogP) is 2.04. The monoisotopic (exact) mass is 355 g/mol. The van der Waals surface area contributed by atoms with Crippen LogP contribution >= 0.6 is 27.5 Å². The van der Waals surface area contributed by atoms with Gasteiger partial charge in [0.15, 0.2) is 0 Å². The topological polar surface area (TPSA) is 75.4 Å². The van der Waals surface area contributed by atoms with E-state index in [-0.39, 0.29) is 0 Å². The molecule has 0 aliphatic rings. The number of anilines is 1. The summed E-state index contributed by atoms with van der Waals surface area (Å²) in [6.07, 6.45) is 0.603. The quantitative estimate of drug-likeness (QED) is 0.819. The molecule has 3 N–H and O–H groups in total. The van der Waals surface area contributed by atoms with Crippen molar-refractivity contribution in [1.82, 2.24) is 4.31 Å². The summed E-state index contributed by atoms with van der Waals surface area (Å²) in [6, 6.07) is 4.93. The zero-order valence-electron chi connectivity index (χ0n) is 9.86. The summed E-state index contributed by atoms with van der Waals surface area (Å²) >= 11 is 9.20. The van der Waals surface area contributed by atoms with Crippen LogP contribution in [0.25, 0.3) is 0 Å². The van der Waals surface area contributed by atoms with Crippen LogP contribution in [0.5, 0.6) is 0 Å². The molecule has 0 amide bonds. The number of hydrogen-bond acceptors (Lipinski definition) is 3. The summed E-state index contributed by atoms with van der Waals surface area (Å²) in [4.78, 5) is 0. The molecule has 0 radical (unpaired) electrons. The van der Waals surface area contributed by atoms with Crippen molar-refractivity contribution in [3.8, 4) is 0 Å². The predicted molar refractivity (Wildman–Crippen MR) is 78.0 cm³/mol. The summed E-state index contributed by atoms with van der Waals surface area (Å²) in [5.74, 6) is 0. The molecule has 8 heteroatoms. The van der Waals surface area contributed by atoms with Gasteiger partial charge in [0, 0.05) is 18.1 Å². The third-order valence-corrected chi connectivity index (χ3v) is 4.54. The third kappa shape index (κ3) is 4.40. The van der Waals surface area contributed by atoms with E-state index in [1.54, 1.807) is 18.2 Å². The van der Waals surface area contributed by atoms with E-state index >= 15 is 0 Å². The Morgan fingerprint density at radius 1 is 1.50 bits per heavy atom. The molecule has 1 rings (SSSR count). The zero-order chi connectivity index (χ0) is 13.8. The highest BCUT2D eigenvalue weighted by molar-refractivity contribution is 9.10. The fraction of sp³-hybridized carbons (Fsp3) is 0.400. The second kappa shape index (κ2) is 6.72. The highest BCUT2D eigenvalue weighted by atomic mass is 79.9. The lowest BCUT2D eigenvalue weighted by Crippen LogP contribution is -2.34. The fourth-order valence-corrected chi connectivity index (χ4v) is 2.98. The van der Waals surface area contributed by atoms with Gasteiger partial charge in [0.05, 0.1) is 10.7 Å². The average molecular weight is 357 g/mol. The zero-order valence-corrected chi connectivity index (χ0v) is 13.0. The van der Waals surface area contributed by atoms with E-state index in [9.17, 15) is 8.42 Å². The van der Waals surface area contributed by atoms with Crippen LogP contribution in [-0.2, 0) is 10.2 Å². The van der Waals surface area contributed by atoms with E-state index in [4.69, 9.17) is 17.3 Å². The Hall–Kier alpha value is -0.340. The lowest BCUT2D eigenvalue weighted by atomic mass is 10.3. The van der Waals surface area contributed by atoms with Crippen molar-refractivity contribution in [2.45, 2.75) is 6.42 Å². The number of nitrogens with zero attached hydrogens (tertiary/aromatic N) is 1. The second-order valence-corrected chi connectivity index (χ2v) is 6.80. The molecular formula is C10H15BrClN3O2S. The van der Waals surface area contributed by atoms with Gasteiger partial charge in [-0.3, -0.25) is 4.72 Å². The van der Waals surface area contributed by atoms with Gasteiger partial charge < -0.3 is 5.73 Å². The van der Waals surface area contributed by atoms with E-state index in [2.05, 4.69) is 20.7 Å². The highest BCUT2D eigenvalue weighted by Gasteiger charge is 2.18. The summed E-state index contributed by atoms with van der Waals surface area (Å²) in [5.41, 5.74) is 5.69. The van der Waals surface area contributed by atoms with Gasteiger partial charge in [0.2, 0.25) is 0 Å². The van der Waals surface area contributed by atoms with Crippen LogP contribution in [0.15, 0.2) is 22.7 Å². The van der Waals surface area contributed by atoms with Gasteiger partial charge in [-0.15, -0.1) is 0 Å². The maximum atomic E-state index is 11.9. The first-order valence-electron chi connectivity index (χ1n) is 5.26. The summed E-state index contributed by atoms with van der Waals surface area (Å²) in [6.45, 7) is 0.804. The molecule has 1 aromatic rings. The molecule has 0 unspecified atom stereocenters. The van der Waals surface area contributed by atoms with Crippen LogP contribution in [0.1, 0.15) is 6.42 Å². The number of rotatable bonds is 6. The Morgan fingerprint density at radius 2 is 2.17 bits per heavy atom. The molecule has 1 aromatic carbocycles. The number of halogens is 2. The summed E-state index contributed by atoms with van der Waals surface area (Å²) < 4.78 is 28.3. The lowest BCUT2D eigenvalue weighted by Gasteiger charge is -2.18. The normalized spacial score (nSPS) is 11.8. The Labute approximate surface area is 121 Å². The van der Waals surface area contributed by atoms with Gasteiger partial charge in [0.1, 0.15) is 0 Å². The van der Waals surface area contributed by atoms with Crippen molar-refractivity contribution >= 4 is 43.4 Å². The van der Waals surface area contributed by atoms with Crippen molar-refractivity contribution in [3.05, 3.63) is 27.7 Å². The molecular weight excluding hydrogens is 342 g/mol. The standard InChI is InChI=1S/C10H15BrClN3O2S/c1-15(6-2-5-13)18(16,17)14-10-4-3-8(11)7-9(10)12/h3-4,7,14H,2,5-6,13H2,1H3. The first-order valence-corrected chi connectivity index (χ1v) is 7.87. The molecule has 0 fully saturated rings. The van der Waals surface area contributed by atoms with Crippen LogP contribution in [0.2, 0.25) is 5.02 Å². The van der Waals surface area contributed by atoms with Crippen LogP contribution in [0, 0.1) is 0 Å². The minimum atomic E-state index is -3.59. The molecule has 0 aromatic heterocycles. The average Bonchev–Trinajstić information content (AvgIpc) is 2.29. The minimum Gasteiger partial charge on any atom is -0.330 e. The van der Waals surface area contributed by atoms with E-state index in [0.29, 0.717) is 30.2 Å². The van der Waals surface area contributed by atoms with Gasteiger partial charge in [-0.2, -0.15) is 12.7 Å². The largest absolute Gasteiger partial charge is 0.330 e. The first-order chi connectivity index (χ1) is 8.36. The van der Waals surface area contributed by atoms with Crippen LogP contribution in [-0.4, -0.2) is 32.9 Å². The molecule has 0 bridgehead atoms. The van der Waals surface area contributed by atoms with Crippen molar-refractivity contribution in [2.75, 3.05) is 24.9 Å². The molecule has 0 saturated carbocycles. The second-order valence-electron chi connectivity index (χ2n) is 3.70. The van der Waals surface area contributed by atoms with Gasteiger partial charge >= 0.3 is 10.2 Å². The van der Waals surface area contributed by atoms with Crippen molar-refractivity contribution in [3.63, 3.8) is 0 Å². The van der Waals surface area contributed by atoms with Crippen LogP contribution < -0.4 is 10.5 Å². The van der Waals surface area contributed by atoms with Crippen molar-refractivity contribution in [1.29, 1.82) is 0 Å². The summed E-state index contributed by atoms with van der Waals surface area (Å²) in [5, 5.41) is 0.333. The summed E-state index contributed by atoms with van der Waals surface area (Å²) in [7, 11) is -2.10. The number of hydrogen-bond donors (Lipinski definition) is 2. The van der Waals surface area contributed by atoms with Crippen molar-refractivity contribution in [2.24, 2.45) is 5.73 Å². The van der Waals surface area contributed by atoms with Crippen molar-refractivity contribution < 1.29 is 8.42 Å². The SMILES string of the molecule is CN(CCCN)S(=O)(=O)Nc1ccc(Br)cc1Cl. The van der Waals surface area contributed by atoms with Crippen LogP contribution in [0.3, 0.4) is 0 Å². The molecule has 5 nitrogen and oxygen atoms in total. The van der Waals surface area contributed by atoms with E-state index in [0.717, 1.165) is 4.47 Å². The van der Waals surface area contributed by atoms with E-state index in [1.807, 2.05) is 0 Å². The Bertz CT molecular complexity index is 510.